The summed E-state index contributed by atoms with van der Waals surface area (Å²) in [6.07, 6.45) is 11.6. The molecule has 0 aliphatic heterocycles. The van der Waals surface area contributed by atoms with Gasteiger partial charge in [0, 0.05) is 23.8 Å². The monoisotopic (exact) mass is 252 g/mol. The standard InChI is InChI=1S/C17H20N2/c1-2-3-4-5-6-7-12-18-16-10-11-17-15(14-16)9-8-13-19-17/h2,6-11,13-14,18H,1,3-5,12H2/b7-6+. The Hall–Kier alpha value is -2.09. The van der Waals surface area contributed by atoms with Crippen LogP contribution in [0.1, 0.15) is 19.3 Å². The van der Waals surface area contributed by atoms with Crippen LogP contribution in [-0.4, -0.2) is 11.5 Å². The SMILES string of the molecule is C=CCCC/C=C/CNc1ccc2ncccc2c1. The number of anilines is 1. The van der Waals surface area contributed by atoms with Crippen molar-refractivity contribution >= 4 is 16.6 Å². The molecule has 0 saturated carbocycles. The number of allylic oxidation sites excluding steroid dienone is 2. The van der Waals surface area contributed by atoms with E-state index in [-0.39, 0.29) is 0 Å². The molecule has 0 fully saturated rings. The molecule has 0 atom stereocenters. The van der Waals surface area contributed by atoms with Gasteiger partial charge in [-0.2, -0.15) is 0 Å². The highest BCUT2D eigenvalue weighted by atomic mass is 14.9. The molecule has 0 saturated heterocycles. The van der Waals surface area contributed by atoms with Gasteiger partial charge in [0.25, 0.3) is 0 Å². The molecular formula is C17H20N2. The topological polar surface area (TPSA) is 24.9 Å². The Kier molecular flexibility index (Phi) is 5.17. The van der Waals surface area contributed by atoms with Gasteiger partial charge in [0.1, 0.15) is 0 Å². The molecule has 2 nitrogen and oxygen atoms in total. The van der Waals surface area contributed by atoms with Crippen molar-refractivity contribution < 1.29 is 0 Å². The molecule has 2 rings (SSSR count). The first kappa shape index (κ1) is 13.3. The summed E-state index contributed by atoms with van der Waals surface area (Å²) in [5.41, 5.74) is 2.17. The quantitative estimate of drug-likeness (QED) is 0.577. The summed E-state index contributed by atoms with van der Waals surface area (Å²) < 4.78 is 0. The second-order valence-corrected chi connectivity index (χ2v) is 4.48. The van der Waals surface area contributed by atoms with E-state index in [4.69, 9.17) is 0 Å². The highest BCUT2D eigenvalue weighted by molar-refractivity contribution is 5.82. The van der Waals surface area contributed by atoms with E-state index in [0.29, 0.717) is 0 Å². The first-order valence-corrected chi connectivity index (χ1v) is 6.75. The molecule has 19 heavy (non-hydrogen) atoms. The van der Waals surface area contributed by atoms with Crippen molar-refractivity contribution in [3.05, 3.63) is 61.3 Å². The highest BCUT2D eigenvalue weighted by Crippen LogP contribution is 2.16. The zero-order valence-electron chi connectivity index (χ0n) is 11.2. The zero-order chi connectivity index (χ0) is 13.3. The number of aromatic nitrogens is 1. The van der Waals surface area contributed by atoms with Crippen LogP contribution in [0.2, 0.25) is 0 Å². The lowest BCUT2D eigenvalue weighted by Crippen LogP contribution is -1.97. The number of benzene rings is 1. The molecule has 0 aliphatic rings. The smallest absolute Gasteiger partial charge is 0.0703 e. The van der Waals surface area contributed by atoms with Gasteiger partial charge in [-0.25, -0.2) is 0 Å². The first-order valence-electron chi connectivity index (χ1n) is 6.75. The predicted molar refractivity (Wildman–Crippen MR) is 83.4 cm³/mol. The van der Waals surface area contributed by atoms with E-state index < -0.39 is 0 Å². The van der Waals surface area contributed by atoms with Crippen molar-refractivity contribution in [1.29, 1.82) is 0 Å². The molecule has 0 bridgehead atoms. The fourth-order valence-corrected chi connectivity index (χ4v) is 1.94. The number of nitrogens with zero attached hydrogens (tertiary/aromatic N) is 1. The maximum absolute atomic E-state index is 4.31. The van der Waals surface area contributed by atoms with Crippen LogP contribution in [0.5, 0.6) is 0 Å². The highest BCUT2D eigenvalue weighted by Gasteiger charge is 1.95. The van der Waals surface area contributed by atoms with Crippen LogP contribution in [0.25, 0.3) is 10.9 Å². The van der Waals surface area contributed by atoms with Crippen molar-refractivity contribution in [3.63, 3.8) is 0 Å². The predicted octanol–water partition coefficient (Wildman–Crippen LogP) is 4.56. The summed E-state index contributed by atoms with van der Waals surface area (Å²) in [6.45, 7) is 4.58. The molecule has 1 N–H and O–H groups in total. The molecule has 0 aliphatic carbocycles. The van der Waals surface area contributed by atoms with Gasteiger partial charge in [-0.05, 0) is 43.5 Å². The van der Waals surface area contributed by atoms with Gasteiger partial charge < -0.3 is 5.32 Å². The minimum Gasteiger partial charge on any atom is -0.382 e. The lowest BCUT2D eigenvalue weighted by atomic mass is 10.2. The Morgan fingerprint density at radius 1 is 1.16 bits per heavy atom. The third-order valence-electron chi connectivity index (χ3n) is 2.97. The summed E-state index contributed by atoms with van der Waals surface area (Å²) in [4.78, 5) is 4.31. The number of fused-ring (bicyclic) bond motifs is 1. The average Bonchev–Trinajstić information content (AvgIpc) is 2.46. The summed E-state index contributed by atoms with van der Waals surface area (Å²) in [7, 11) is 0. The van der Waals surface area contributed by atoms with Gasteiger partial charge in [0.15, 0.2) is 0 Å². The largest absolute Gasteiger partial charge is 0.382 e. The van der Waals surface area contributed by atoms with E-state index in [1.165, 1.54) is 11.8 Å². The van der Waals surface area contributed by atoms with Gasteiger partial charge in [0.05, 0.1) is 5.52 Å². The number of unbranched alkanes of at least 4 members (excludes halogenated alkanes) is 2. The van der Waals surface area contributed by atoms with Gasteiger partial charge >= 0.3 is 0 Å². The Balaban J connectivity index is 1.83. The van der Waals surface area contributed by atoms with E-state index in [1.807, 2.05) is 24.4 Å². The van der Waals surface area contributed by atoms with Crippen LogP contribution >= 0.6 is 0 Å². The number of hydrogen-bond acceptors (Lipinski definition) is 2. The van der Waals surface area contributed by atoms with Crippen LogP contribution in [0.15, 0.2) is 61.3 Å². The second-order valence-electron chi connectivity index (χ2n) is 4.48. The Morgan fingerprint density at radius 2 is 2.11 bits per heavy atom. The van der Waals surface area contributed by atoms with Crippen LogP contribution in [0, 0.1) is 0 Å². The number of nitrogens with one attached hydrogen (secondary N) is 1. The van der Waals surface area contributed by atoms with Gasteiger partial charge in [0.2, 0.25) is 0 Å². The van der Waals surface area contributed by atoms with Crippen molar-refractivity contribution in [1.82, 2.24) is 4.98 Å². The third-order valence-corrected chi connectivity index (χ3v) is 2.97. The molecule has 1 heterocycles. The summed E-state index contributed by atoms with van der Waals surface area (Å²) >= 11 is 0. The van der Waals surface area contributed by atoms with Crippen molar-refractivity contribution in [2.24, 2.45) is 0 Å². The Bertz CT molecular complexity index is 558. The molecule has 1 aromatic heterocycles. The van der Waals surface area contributed by atoms with E-state index >= 15 is 0 Å². The fraction of sp³-hybridized carbons (Fsp3) is 0.235. The summed E-state index contributed by atoms with van der Waals surface area (Å²) in [5, 5.41) is 4.56. The summed E-state index contributed by atoms with van der Waals surface area (Å²) in [6, 6.07) is 10.3. The van der Waals surface area contributed by atoms with Crippen LogP contribution in [0.3, 0.4) is 0 Å². The normalized spacial score (nSPS) is 10.9. The molecule has 0 unspecified atom stereocenters. The Morgan fingerprint density at radius 3 is 3.00 bits per heavy atom. The zero-order valence-corrected chi connectivity index (χ0v) is 11.2. The van der Waals surface area contributed by atoms with Gasteiger partial charge in [-0.15, -0.1) is 6.58 Å². The number of pyridine rings is 1. The molecule has 1 aromatic carbocycles. The molecule has 98 valence electrons. The lowest BCUT2D eigenvalue weighted by Gasteiger charge is -2.04. The fourth-order valence-electron chi connectivity index (χ4n) is 1.94. The maximum Gasteiger partial charge on any atom is 0.0703 e. The number of rotatable bonds is 7. The van der Waals surface area contributed by atoms with Crippen LogP contribution < -0.4 is 5.32 Å². The van der Waals surface area contributed by atoms with Crippen molar-refractivity contribution in [3.8, 4) is 0 Å². The molecule has 0 amide bonds. The van der Waals surface area contributed by atoms with E-state index in [0.717, 1.165) is 30.6 Å². The van der Waals surface area contributed by atoms with Crippen LogP contribution in [0.4, 0.5) is 5.69 Å². The van der Waals surface area contributed by atoms with Gasteiger partial charge in [-0.3, -0.25) is 4.98 Å². The minimum atomic E-state index is 0.861. The molecular weight excluding hydrogens is 232 g/mol. The van der Waals surface area contributed by atoms with E-state index in [1.54, 1.807) is 0 Å². The lowest BCUT2D eigenvalue weighted by molar-refractivity contribution is 0.868. The first-order chi connectivity index (χ1) is 9.40. The summed E-state index contributed by atoms with van der Waals surface area (Å²) in [5.74, 6) is 0. The van der Waals surface area contributed by atoms with Crippen molar-refractivity contribution in [2.75, 3.05) is 11.9 Å². The molecule has 2 aromatic rings. The Labute approximate surface area is 114 Å². The number of hydrogen-bond donors (Lipinski definition) is 1. The van der Waals surface area contributed by atoms with E-state index in [9.17, 15) is 0 Å². The maximum atomic E-state index is 4.31. The van der Waals surface area contributed by atoms with Gasteiger partial charge in [-0.1, -0.05) is 24.3 Å². The van der Waals surface area contributed by atoms with Crippen molar-refractivity contribution in [2.45, 2.75) is 19.3 Å². The molecule has 0 spiro atoms. The molecule has 0 radical (unpaired) electrons. The van der Waals surface area contributed by atoms with Crippen LogP contribution in [-0.2, 0) is 0 Å². The van der Waals surface area contributed by atoms with E-state index in [2.05, 4.69) is 47.2 Å². The second kappa shape index (κ2) is 7.37. The molecule has 2 heteroatoms. The third kappa shape index (κ3) is 4.25. The average molecular weight is 252 g/mol. The minimum absolute atomic E-state index is 0.861.